The molecule has 0 aromatic carbocycles. The van der Waals surface area contributed by atoms with E-state index in [0.717, 1.165) is 0 Å². The van der Waals surface area contributed by atoms with Crippen LogP contribution in [0.2, 0.25) is 0 Å². The van der Waals surface area contributed by atoms with Gasteiger partial charge in [-0.1, -0.05) is 0 Å². The Labute approximate surface area is 99.3 Å². The van der Waals surface area contributed by atoms with E-state index >= 15 is 0 Å². The number of nitrogens with one attached hydrogen (secondary N) is 2. The monoisotopic (exact) mass is 253 g/mol. The minimum absolute atomic E-state index is 0. The van der Waals surface area contributed by atoms with Crippen molar-refractivity contribution in [3.8, 4) is 0 Å². The first kappa shape index (κ1) is 16.4. The van der Waals surface area contributed by atoms with Crippen LogP contribution in [0.4, 0.5) is 5.69 Å². The van der Waals surface area contributed by atoms with Crippen molar-refractivity contribution in [3.63, 3.8) is 0 Å². The summed E-state index contributed by atoms with van der Waals surface area (Å²) in [6.07, 6.45) is 1.72. The SMILES string of the molecule is Cl.Cl.NCCC(=O)Nc1ccc[nH]c1=O. The summed E-state index contributed by atoms with van der Waals surface area (Å²) in [5.74, 6) is -0.251. The zero-order valence-electron chi connectivity index (χ0n) is 7.86. The van der Waals surface area contributed by atoms with Gasteiger partial charge in [-0.15, -0.1) is 24.8 Å². The molecule has 4 N–H and O–H groups in total. The van der Waals surface area contributed by atoms with E-state index in [2.05, 4.69) is 10.3 Å². The Morgan fingerprint density at radius 1 is 1.47 bits per heavy atom. The maximum Gasteiger partial charge on any atom is 0.271 e. The second kappa shape index (κ2) is 8.28. The smallest absolute Gasteiger partial charge is 0.271 e. The Bertz CT molecular complexity index is 354. The fourth-order valence-electron chi connectivity index (χ4n) is 0.864. The van der Waals surface area contributed by atoms with E-state index in [1.54, 1.807) is 6.07 Å². The van der Waals surface area contributed by atoms with E-state index in [1.165, 1.54) is 12.3 Å². The van der Waals surface area contributed by atoms with Gasteiger partial charge in [0.25, 0.3) is 5.56 Å². The van der Waals surface area contributed by atoms with Crippen LogP contribution in [0.1, 0.15) is 6.42 Å². The van der Waals surface area contributed by atoms with E-state index in [9.17, 15) is 9.59 Å². The van der Waals surface area contributed by atoms with Gasteiger partial charge in [-0.25, -0.2) is 0 Å². The molecule has 0 radical (unpaired) electrons. The Hall–Kier alpha value is -1.04. The lowest BCUT2D eigenvalue weighted by molar-refractivity contribution is -0.116. The fraction of sp³-hybridized carbons (Fsp3) is 0.250. The summed E-state index contributed by atoms with van der Waals surface area (Å²) >= 11 is 0. The molecule has 0 bridgehead atoms. The van der Waals surface area contributed by atoms with Crippen LogP contribution in [0, 0.1) is 0 Å². The molecule has 0 aliphatic rings. The molecule has 1 aromatic heterocycles. The van der Waals surface area contributed by atoms with Gasteiger partial charge in [0.2, 0.25) is 5.91 Å². The van der Waals surface area contributed by atoms with Crippen molar-refractivity contribution in [2.45, 2.75) is 6.42 Å². The first-order valence-electron chi connectivity index (χ1n) is 3.91. The molecule has 5 nitrogen and oxygen atoms in total. The van der Waals surface area contributed by atoms with Gasteiger partial charge in [-0.05, 0) is 12.1 Å². The summed E-state index contributed by atoms with van der Waals surface area (Å²) in [6, 6.07) is 3.17. The highest BCUT2D eigenvalue weighted by molar-refractivity contribution is 5.90. The van der Waals surface area contributed by atoms with Crippen LogP contribution < -0.4 is 16.6 Å². The molecule has 86 valence electrons. The number of aromatic nitrogens is 1. The first-order chi connectivity index (χ1) is 6.24. The minimum Gasteiger partial charge on any atom is -0.330 e. The van der Waals surface area contributed by atoms with Crippen molar-refractivity contribution in [2.24, 2.45) is 5.73 Å². The second-order valence-corrected chi connectivity index (χ2v) is 2.50. The average Bonchev–Trinajstić information content (AvgIpc) is 2.09. The molecule has 1 heterocycles. The number of anilines is 1. The second-order valence-electron chi connectivity index (χ2n) is 2.50. The maximum atomic E-state index is 11.1. The number of H-pyrrole nitrogens is 1. The van der Waals surface area contributed by atoms with Crippen LogP contribution in [0.25, 0.3) is 0 Å². The van der Waals surface area contributed by atoms with Gasteiger partial charge in [-0.2, -0.15) is 0 Å². The summed E-state index contributed by atoms with van der Waals surface area (Å²) < 4.78 is 0. The number of aromatic amines is 1. The van der Waals surface area contributed by atoms with Gasteiger partial charge < -0.3 is 16.0 Å². The number of halogens is 2. The zero-order valence-corrected chi connectivity index (χ0v) is 9.49. The first-order valence-corrected chi connectivity index (χ1v) is 3.91. The lowest BCUT2D eigenvalue weighted by Crippen LogP contribution is -2.21. The number of pyridine rings is 1. The molecule has 0 unspecified atom stereocenters. The van der Waals surface area contributed by atoms with Crippen molar-refractivity contribution >= 4 is 36.4 Å². The highest BCUT2D eigenvalue weighted by Gasteiger charge is 2.02. The topological polar surface area (TPSA) is 88.0 Å². The average molecular weight is 254 g/mol. The van der Waals surface area contributed by atoms with Crippen LogP contribution in [-0.4, -0.2) is 17.4 Å². The lowest BCUT2D eigenvalue weighted by atomic mass is 10.3. The molecule has 15 heavy (non-hydrogen) atoms. The minimum atomic E-state index is -0.312. The molecule has 0 saturated heterocycles. The van der Waals surface area contributed by atoms with E-state index in [4.69, 9.17) is 5.73 Å². The van der Waals surface area contributed by atoms with E-state index in [1.807, 2.05) is 0 Å². The largest absolute Gasteiger partial charge is 0.330 e. The summed E-state index contributed by atoms with van der Waals surface area (Å²) in [7, 11) is 0. The van der Waals surface area contributed by atoms with Crippen molar-refractivity contribution in [2.75, 3.05) is 11.9 Å². The number of rotatable bonds is 3. The van der Waals surface area contributed by atoms with Gasteiger partial charge in [0.1, 0.15) is 5.69 Å². The van der Waals surface area contributed by atoms with Crippen LogP contribution in [0.15, 0.2) is 23.1 Å². The predicted molar refractivity (Wildman–Crippen MR) is 63.9 cm³/mol. The highest BCUT2D eigenvalue weighted by Crippen LogP contribution is 1.96. The van der Waals surface area contributed by atoms with Crippen LogP contribution in [0.3, 0.4) is 0 Å². The van der Waals surface area contributed by atoms with Gasteiger partial charge in [0, 0.05) is 19.2 Å². The van der Waals surface area contributed by atoms with Crippen LogP contribution in [0.5, 0.6) is 0 Å². The van der Waals surface area contributed by atoms with Gasteiger partial charge in [0.15, 0.2) is 0 Å². The molecular weight excluding hydrogens is 241 g/mol. The standard InChI is InChI=1S/C8H11N3O2.2ClH/c9-4-3-7(12)11-6-2-1-5-10-8(6)13;;/h1-2,5H,3-4,9H2,(H,10,13)(H,11,12);2*1H. The third kappa shape index (κ3) is 5.41. The Morgan fingerprint density at radius 3 is 2.67 bits per heavy atom. The quantitative estimate of drug-likeness (QED) is 0.734. The van der Waals surface area contributed by atoms with Crippen molar-refractivity contribution in [3.05, 3.63) is 28.7 Å². The van der Waals surface area contributed by atoms with E-state index in [-0.39, 0.29) is 54.9 Å². The molecule has 0 aliphatic heterocycles. The van der Waals surface area contributed by atoms with Crippen molar-refractivity contribution in [1.82, 2.24) is 4.98 Å². The molecule has 0 spiro atoms. The number of hydrogen-bond donors (Lipinski definition) is 3. The fourth-order valence-corrected chi connectivity index (χ4v) is 0.864. The van der Waals surface area contributed by atoms with Crippen LogP contribution >= 0.6 is 24.8 Å². The third-order valence-electron chi connectivity index (χ3n) is 1.46. The Kier molecular flexibility index (Phi) is 9.05. The number of nitrogens with two attached hydrogens (primary N) is 1. The lowest BCUT2D eigenvalue weighted by Gasteiger charge is -2.01. The number of hydrogen-bond acceptors (Lipinski definition) is 3. The molecule has 0 atom stereocenters. The normalized spacial score (nSPS) is 8.33. The van der Waals surface area contributed by atoms with Gasteiger partial charge in [0.05, 0.1) is 0 Å². The number of carbonyl (C=O) groups excluding carboxylic acids is 1. The zero-order chi connectivity index (χ0) is 9.68. The molecular formula is C8H13Cl2N3O2. The van der Waals surface area contributed by atoms with Crippen LogP contribution in [-0.2, 0) is 4.79 Å². The Morgan fingerprint density at radius 2 is 2.13 bits per heavy atom. The molecule has 0 aliphatic carbocycles. The summed E-state index contributed by atoms with van der Waals surface area (Å²) in [5, 5.41) is 2.45. The van der Waals surface area contributed by atoms with E-state index in [0.29, 0.717) is 0 Å². The van der Waals surface area contributed by atoms with Gasteiger partial charge in [-0.3, -0.25) is 9.59 Å². The summed E-state index contributed by atoms with van der Waals surface area (Å²) in [6.45, 7) is 0.274. The van der Waals surface area contributed by atoms with Gasteiger partial charge >= 0.3 is 0 Å². The maximum absolute atomic E-state index is 11.1. The summed E-state index contributed by atoms with van der Waals surface area (Å²) in [4.78, 5) is 24.5. The molecule has 0 saturated carbocycles. The molecule has 0 fully saturated rings. The molecule has 1 amide bonds. The van der Waals surface area contributed by atoms with Crippen molar-refractivity contribution < 1.29 is 4.79 Å². The predicted octanol–water partition coefficient (Wildman–Crippen LogP) is 0.506. The van der Waals surface area contributed by atoms with E-state index < -0.39 is 0 Å². The molecule has 1 rings (SSSR count). The molecule has 1 aromatic rings. The Balaban J connectivity index is 0. The van der Waals surface area contributed by atoms with Crippen molar-refractivity contribution in [1.29, 1.82) is 0 Å². The molecule has 7 heteroatoms. The highest BCUT2D eigenvalue weighted by atomic mass is 35.5. The summed E-state index contributed by atoms with van der Waals surface area (Å²) in [5.41, 5.74) is 5.11. The number of carbonyl (C=O) groups is 1. The number of amides is 1. The third-order valence-corrected chi connectivity index (χ3v) is 1.46.